The number of aliphatic imine (C=N–C) groups is 1. The molecule has 0 aliphatic rings. The molecule has 0 aliphatic heterocycles. The monoisotopic (exact) mass is 386 g/mol. The number of para-hydroxylation sites is 1. The lowest BCUT2D eigenvalue weighted by Gasteiger charge is -2.13. The van der Waals surface area contributed by atoms with Crippen molar-refractivity contribution in [2.75, 3.05) is 10.6 Å². The number of anilines is 2. The van der Waals surface area contributed by atoms with Crippen LogP contribution in [0.2, 0.25) is 0 Å². The summed E-state index contributed by atoms with van der Waals surface area (Å²) in [5.74, 6) is 0.610. The van der Waals surface area contributed by atoms with Crippen LogP contribution in [0.25, 0.3) is 0 Å². The van der Waals surface area contributed by atoms with E-state index in [9.17, 15) is 4.79 Å². The molecule has 0 saturated heterocycles. The number of nitrogens with one attached hydrogen (secondary N) is 3. The number of amides is 1. The Hall–Kier alpha value is -3.60. The third kappa shape index (κ3) is 6.81. The van der Waals surface area contributed by atoms with Gasteiger partial charge in [0.25, 0.3) is 0 Å². The highest BCUT2D eigenvalue weighted by atomic mass is 16.1. The van der Waals surface area contributed by atoms with Gasteiger partial charge in [-0.05, 0) is 42.3 Å². The molecule has 3 aromatic carbocycles. The summed E-state index contributed by atoms with van der Waals surface area (Å²) < 4.78 is 0. The van der Waals surface area contributed by atoms with Gasteiger partial charge < -0.3 is 16.0 Å². The summed E-state index contributed by atoms with van der Waals surface area (Å²) in [6.45, 7) is 4.74. The van der Waals surface area contributed by atoms with E-state index in [1.807, 2.05) is 54.6 Å². The molecular weight excluding hydrogens is 360 g/mol. The lowest BCUT2D eigenvalue weighted by Crippen LogP contribution is -2.30. The van der Waals surface area contributed by atoms with Gasteiger partial charge >= 0.3 is 0 Å². The molecule has 29 heavy (non-hydrogen) atoms. The molecule has 0 aliphatic carbocycles. The second kappa shape index (κ2) is 10.1. The Morgan fingerprint density at radius 2 is 1.55 bits per heavy atom. The summed E-state index contributed by atoms with van der Waals surface area (Å²) in [6.07, 6.45) is 0. The first-order chi connectivity index (χ1) is 14.1. The van der Waals surface area contributed by atoms with Crippen molar-refractivity contribution >= 4 is 23.2 Å². The SMILES string of the molecule is CC(=O)Nc1cccc(CN=C(NCc2ccc(C)cc2)Nc2ccccc2)c1. The number of rotatable bonds is 6. The van der Waals surface area contributed by atoms with Crippen molar-refractivity contribution in [3.8, 4) is 0 Å². The summed E-state index contributed by atoms with van der Waals surface area (Å²) in [4.78, 5) is 16.0. The van der Waals surface area contributed by atoms with E-state index in [-0.39, 0.29) is 5.91 Å². The number of hydrogen-bond acceptors (Lipinski definition) is 2. The molecule has 0 bridgehead atoms. The topological polar surface area (TPSA) is 65.5 Å². The fraction of sp³-hybridized carbons (Fsp3) is 0.167. The van der Waals surface area contributed by atoms with Crippen LogP contribution in [0.1, 0.15) is 23.6 Å². The predicted molar refractivity (Wildman–Crippen MR) is 120 cm³/mol. The minimum Gasteiger partial charge on any atom is -0.352 e. The average Bonchev–Trinajstić information content (AvgIpc) is 2.72. The fourth-order valence-corrected chi connectivity index (χ4v) is 2.81. The lowest BCUT2D eigenvalue weighted by molar-refractivity contribution is -0.114. The van der Waals surface area contributed by atoms with Gasteiger partial charge in [0, 0.05) is 24.8 Å². The third-order valence-corrected chi connectivity index (χ3v) is 4.28. The zero-order valence-electron chi connectivity index (χ0n) is 16.8. The zero-order chi connectivity index (χ0) is 20.5. The van der Waals surface area contributed by atoms with Gasteiger partial charge in [-0.25, -0.2) is 4.99 Å². The molecular formula is C24H26N4O. The van der Waals surface area contributed by atoms with Crippen LogP contribution in [0.15, 0.2) is 83.9 Å². The van der Waals surface area contributed by atoms with Crippen LogP contribution >= 0.6 is 0 Å². The van der Waals surface area contributed by atoms with E-state index in [4.69, 9.17) is 4.99 Å². The molecule has 5 nitrogen and oxygen atoms in total. The minimum absolute atomic E-state index is 0.0863. The molecule has 1 amide bonds. The van der Waals surface area contributed by atoms with Crippen LogP contribution in [0.5, 0.6) is 0 Å². The molecule has 0 radical (unpaired) electrons. The Balaban J connectivity index is 1.72. The van der Waals surface area contributed by atoms with E-state index in [1.165, 1.54) is 18.1 Å². The molecule has 0 aromatic heterocycles. The van der Waals surface area contributed by atoms with Crippen molar-refractivity contribution in [2.24, 2.45) is 4.99 Å². The van der Waals surface area contributed by atoms with Crippen molar-refractivity contribution in [3.05, 3.63) is 95.6 Å². The van der Waals surface area contributed by atoms with Gasteiger partial charge in [0.2, 0.25) is 5.91 Å². The van der Waals surface area contributed by atoms with Crippen molar-refractivity contribution < 1.29 is 4.79 Å². The molecule has 3 aromatic rings. The van der Waals surface area contributed by atoms with Crippen molar-refractivity contribution in [2.45, 2.75) is 26.9 Å². The minimum atomic E-state index is -0.0863. The van der Waals surface area contributed by atoms with Gasteiger partial charge in [-0.15, -0.1) is 0 Å². The number of nitrogens with zero attached hydrogens (tertiary/aromatic N) is 1. The molecule has 148 valence electrons. The Bertz CT molecular complexity index is 966. The number of carbonyl (C=O) groups excluding carboxylic acids is 1. The van der Waals surface area contributed by atoms with Gasteiger partial charge in [0.05, 0.1) is 6.54 Å². The third-order valence-electron chi connectivity index (χ3n) is 4.28. The van der Waals surface area contributed by atoms with Gasteiger partial charge in [-0.3, -0.25) is 4.79 Å². The number of guanidine groups is 1. The summed E-state index contributed by atoms with van der Waals surface area (Å²) in [7, 11) is 0. The van der Waals surface area contributed by atoms with Crippen molar-refractivity contribution in [3.63, 3.8) is 0 Å². The van der Waals surface area contributed by atoms with Crippen LogP contribution in [0.3, 0.4) is 0 Å². The largest absolute Gasteiger partial charge is 0.352 e. The second-order valence-corrected chi connectivity index (χ2v) is 6.88. The van der Waals surface area contributed by atoms with E-state index >= 15 is 0 Å². The number of hydrogen-bond donors (Lipinski definition) is 3. The molecule has 0 fully saturated rings. The first-order valence-electron chi connectivity index (χ1n) is 9.61. The highest BCUT2D eigenvalue weighted by molar-refractivity contribution is 5.93. The van der Waals surface area contributed by atoms with Gasteiger partial charge in [-0.2, -0.15) is 0 Å². The average molecular weight is 386 g/mol. The highest BCUT2D eigenvalue weighted by Crippen LogP contribution is 2.12. The maximum Gasteiger partial charge on any atom is 0.221 e. The molecule has 0 unspecified atom stereocenters. The van der Waals surface area contributed by atoms with Crippen LogP contribution in [-0.4, -0.2) is 11.9 Å². The van der Waals surface area contributed by atoms with E-state index < -0.39 is 0 Å². The number of carbonyl (C=O) groups is 1. The van der Waals surface area contributed by atoms with E-state index in [2.05, 4.69) is 47.1 Å². The van der Waals surface area contributed by atoms with Gasteiger partial charge in [-0.1, -0.05) is 60.2 Å². The fourth-order valence-electron chi connectivity index (χ4n) is 2.81. The van der Waals surface area contributed by atoms with E-state index in [1.54, 1.807) is 0 Å². The summed E-state index contributed by atoms with van der Waals surface area (Å²) in [5, 5.41) is 9.54. The van der Waals surface area contributed by atoms with Gasteiger partial charge in [0.15, 0.2) is 5.96 Å². The van der Waals surface area contributed by atoms with Crippen LogP contribution in [-0.2, 0) is 17.9 Å². The molecule has 3 N–H and O–H groups in total. The first kappa shape index (κ1) is 20.1. The predicted octanol–water partition coefficient (Wildman–Crippen LogP) is 4.71. The smallest absolute Gasteiger partial charge is 0.221 e. The Labute approximate surface area is 171 Å². The zero-order valence-corrected chi connectivity index (χ0v) is 16.8. The maximum absolute atomic E-state index is 11.3. The summed E-state index contributed by atoms with van der Waals surface area (Å²) >= 11 is 0. The lowest BCUT2D eigenvalue weighted by atomic mass is 10.1. The van der Waals surface area contributed by atoms with Crippen LogP contribution < -0.4 is 16.0 Å². The Kier molecular flexibility index (Phi) is 7.00. The molecule has 0 heterocycles. The maximum atomic E-state index is 11.3. The number of aryl methyl sites for hydroxylation is 1. The van der Waals surface area contributed by atoms with Crippen LogP contribution in [0, 0.1) is 6.92 Å². The molecule has 0 spiro atoms. The van der Waals surface area contributed by atoms with Crippen molar-refractivity contribution in [1.29, 1.82) is 0 Å². The molecule has 0 atom stereocenters. The summed E-state index contributed by atoms with van der Waals surface area (Å²) in [5.41, 5.74) is 5.18. The molecule has 5 heteroatoms. The molecule has 3 rings (SSSR count). The van der Waals surface area contributed by atoms with Crippen LogP contribution in [0.4, 0.5) is 11.4 Å². The molecule has 0 saturated carbocycles. The Morgan fingerprint density at radius 3 is 2.28 bits per heavy atom. The van der Waals surface area contributed by atoms with Gasteiger partial charge in [0.1, 0.15) is 0 Å². The number of benzene rings is 3. The first-order valence-corrected chi connectivity index (χ1v) is 9.61. The van der Waals surface area contributed by atoms with E-state index in [0.29, 0.717) is 19.0 Å². The quantitative estimate of drug-likeness (QED) is 0.425. The highest BCUT2D eigenvalue weighted by Gasteiger charge is 2.02. The summed E-state index contributed by atoms with van der Waals surface area (Å²) in [6, 6.07) is 26.1. The Morgan fingerprint density at radius 1 is 0.828 bits per heavy atom. The second-order valence-electron chi connectivity index (χ2n) is 6.88. The standard InChI is InChI=1S/C24H26N4O/c1-18-11-13-20(14-12-18)16-25-24(28-22-8-4-3-5-9-22)26-17-21-7-6-10-23(15-21)27-19(2)29/h3-15H,16-17H2,1-2H3,(H,27,29)(H2,25,26,28). The normalized spacial score (nSPS) is 11.0. The van der Waals surface area contributed by atoms with E-state index in [0.717, 1.165) is 16.9 Å². The van der Waals surface area contributed by atoms with Crippen molar-refractivity contribution in [1.82, 2.24) is 5.32 Å².